The van der Waals surface area contributed by atoms with Crippen molar-refractivity contribution in [2.24, 2.45) is 0 Å². The maximum absolute atomic E-state index is 11.9. The second-order valence-electron chi connectivity index (χ2n) is 3.97. The Morgan fingerprint density at radius 3 is 3.06 bits per heavy atom. The Kier molecular flexibility index (Phi) is 3.49. The van der Waals surface area contributed by atoms with Gasteiger partial charge in [-0.15, -0.1) is 6.58 Å². The molecular formula is C12H16N2O2S. The predicted octanol–water partition coefficient (Wildman–Crippen LogP) is 1.51. The van der Waals surface area contributed by atoms with Crippen molar-refractivity contribution in [3.05, 3.63) is 36.4 Å². The summed E-state index contributed by atoms with van der Waals surface area (Å²) in [6, 6.07) is 5.20. The third-order valence-electron chi connectivity index (χ3n) is 2.74. The van der Waals surface area contributed by atoms with Gasteiger partial charge in [-0.25, -0.2) is 13.1 Å². The van der Waals surface area contributed by atoms with E-state index in [1.807, 2.05) is 6.07 Å². The minimum atomic E-state index is -3.38. The summed E-state index contributed by atoms with van der Waals surface area (Å²) in [5.41, 5.74) is 2.10. The lowest BCUT2D eigenvalue weighted by atomic mass is 10.2. The van der Waals surface area contributed by atoms with Crippen LogP contribution in [0.1, 0.15) is 12.0 Å². The summed E-state index contributed by atoms with van der Waals surface area (Å²) in [7, 11) is -3.38. The standard InChI is InChI=1S/C12H16N2O2S/c1-2-3-7-14-17(15,16)11-4-5-12-10(9-11)6-8-13-12/h2,4-5,9,13-14H,1,3,6-8H2. The van der Waals surface area contributed by atoms with Crippen molar-refractivity contribution in [1.82, 2.24) is 4.72 Å². The number of nitrogens with one attached hydrogen (secondary N) is 2. The molecule has 5 heteroatoms. The van der Waals surface area contributed by atoms with Gasteiger partial charge in [0.05, 0.1) is 4.90 Å². The second kappa shape index (κ2) is 4.89. The first-order valence-corrected chi connectivity index (χ1v) is 7.09. The maximum atomic E-state index is 11.9. The summed E-state index contributed by atoms with van der Waals surface area (Å²) in [6.07, 6.45) is 3.20. The minimum Gasteiger partial charge on any atom is -0.384 e. The highest BCUT2D eigenvalue weighted by Crippen LogP contribution is 2.24. The van der Waals surface area contributed by atoms with Crippen LogP contribution in [0.25, 0.3) is 0 Å². The molecule has 0 aromatic heterocycles. The van der Waals surface area contributed by atoms with Crippen LogP contribution in [0.15, 0.2) is 35.7 Å². The molecule has 1 aliphatic rings. The molecule has 4 nitrogen and oxygen atoms in total. The van der Waals surface area contributed by atoms with E-state index < -0.39 is 10.0 Å². The predicted molar refractivity (Wildman–Crippen MR) is 68.6 cm³/mol. The number of hydrogen-bond donors (Lipinski definition) is 2. The van der Waals surface area contributed by atoms with Crippen LogP contribution in [0.4, 0.5) is 5.69 Å². The van der Waals surface area contributed by atoms with E-state index in [0.717, 1.165) is 24.2 Å². The number of rotatable bonds is 5. The van der Waals surface area contributed by atoms with Crippen molar-refractivity contribution in [2.75, 3.05) is 18.4 Å². The van der Waals surface area contributed by atoms with E-state index in [1.54, 1.807) is 18.2 Å². The Bertz CT molecular complexity index is 523. The number of benzene rings is 1. The average Bonchev–Trinajstić information content (AvgIpc) is 2.76. The molecule has 0 spiro atoms. The summed E-state index contributed by atoms with van der Waals surface area (Å²) in [5.74, 6) is 0. The Morgan fingerprint density at radius 2 is 2.29 bits per heavy atom. The van der Waals surface area contributed by atoms with E-state index in [4.69, 9.17) is 0 Å². The van der Waals surface area contributed by atoms with Crippen LogP contribution in [-0.2, 0) is 16.4 Å². The summed E-state index contributed by atoms with van der Waals surface area (Å²) in [5, 5.41) is 3.20. The van der Waals surface area contributed by atoms with Gasteiger partial charge in [0, 0.05) is 18.8 Å². The molecule has 1 aromatic carbocycles. The van der Waals surface area contributed by atoms with E-state index >= 15 is 0 Å². The third-order valence-corrected chi connectivity index (χ3v) is 4.20. The summed E-state index contributed by atoms with van der Waals surface area (Å²) < 4.78 is 26.4. The van der Waals surface area contributed by atoms with Crippen LogP contribution in [0.3, 0.4) is 0 Å². The van der Waals surface area contributed by atoms with Gasteiger partial charge >= 0.3 is 0 Å². The van der Waals surface area contributed by atoms with E-state index in [2.05, 4.69) is 16.6 Å². The molecule has 0 aliphatic carbocycles. The van der Waals surface area contributed by atoms with Crippen LogP contribution < -0.4 is 10.0 Å². The molecule has 1 aromatic rings. The Morgan fingerprint density at radius 1 is 1.47 bits per heavy atom. The molecule has 0 unspecified atom stereocenters. The van der Waals surface area contributed by atoms with Gasteiger partial charge in [-0.1, -0.05) is 6.08 Å². The Balaban J connectivity index is 2.18. The van der Waals surface area contributed by atoms with Gasteiger partial charge in [-0.3, -0.25) is 0 Å². The Hall–Kier alpha value is -1.33. The fourth-order valence-corrected chi connectivity index (χ4v) is 2.92. The van der Waals surface area contributed by atoms with Gasteiger partial charge in [0.1, 0.15) is 0 Å². The first-order chi connectivity index (χ1) is 8.13. The second-order valence-corrected chi connectivity index (χ2v) is 5.74. The zero-order valence-corrected chi connectivity index (χ0v) is 10.4. The van der Waals surface area contributed by atoms with Crippen LogP contribution in [-0.4, -0.2) is 21.5 Å². The van der Waals surface area contributed by atoms with Crippen molar-refractivity contribution in [2.45, 2.75) is 17.7 Å². The first-order valence-electron chi connectivity index (χ1n) is 5.61. The molecule has 2 rings (SSSR count). The minimum absolute atomic E-state index is 0.337. The molecule has 0 saturated heterocycles. The molecule has 0 bridgehead atoms. The quantitative estimate of drug-likeness (QED) is 0.617. The van der Waals surface area contributed by atoms with Crippen molar-refractivity contribution in [1.29, 1.82) is 0 Å². The molecule has 0 amide bonds. The fourth-order valence-electron chi connectivity index (χ4n) is 1.83. The molecule has 0 fully saturated rings. The highest BCUT2D eigenvalue weighted by Gasteiger charge is 2.17. The molecule has 92 valence electrons. The topological polar surface area (TPSA) is 58.2 Å². The summed E-state index contributed by atoms with van der Waals surface area (Å²) >= 11 is 0. The molecular weight excluding hydrogens is 236 g/mol. The molecule has 0 radical (unpaired) electrons. The third kappa shape index (κ3) is 2.68. The van der Waals surface area contributed by atoms with E-state index in [9.17, 15) is 8.42 Å². The fraction of sp³-hybridized carbons (Fsp3) is 0.333. The SMILES string of the molecule is C=CCCNS(=O)(=O)c1ccc2c(c1)CCN2. The number of anilines is 1. The molecule has 1 aliphatic heterocycles. The van der Waals surface area contributed by atoms with Gasteiger partial charge in [0.15, 0.2) is 0 Å². The normalized spacial score (nSPS) is 14.1. The van der Waals surface area contributed by atoms with Crippen LogP contribution in [0.2, 0.25) is 0 Å². The van der Waals surface area contributed by atoms with E-state index in [-0.39, 0.29) is 0 Å². The van der Waals surface area contributed by atoms with Gasteiger partial charge in [-0.2, -0.15) is 0 Å². The largest absolute Gasteiger partial charge is 0.384 e. The van der Waals surface area contributed by atoms with Crippen molar-refractivity contribution >= 4 is 15.7 Å². The van der Waals surface area contributed by atoms with Gasteiger partial charge in [-0.05, 0) is 36.6 Å². The van der Waals surface area contributed by atoms with Crippen molar-refractivity contribution in [3.63, 3.8) is 0 Å². The molecule has 1 heterocycles. The lowest BCUT2D eigenvalue weighted by Gasteiger charge is -2.07. The zero-order chi connectivity index (χ0) is 12.3. The summed E-state index contributed by atoms with van der Waals surface area (Å²) in [4.78, 5) is 0.337. The molecule has 2 N–H and O–H groups in total. The maximum Gasteiger partial charge on any atom is 0.240 e. The number of hydrogen-bond acceptors (Lipinski definition) is 3. The molecule has 0 saturated carbocycles. The van der Waals surface area contributed by atoms with Crippen molar-refractivity contribution in [3.8, 4) is 0 Å². The monoisotopic (exact) mass is 252 g/mol. The molecule has 17 heavy (non-hydrogen) atoms. The number of fused-ring (bicyclic) bond motifs is 1. The van der Waals surface area contributed by atoms with Crippen LogP contribution in [0, 0.1) is 0 Å². The first kappa shape index (κ1) is 12.1. The molecule has 0 atom stereocenters. The lowest BCUT2D eigenvalue weighted by Crippen LogP contribution is -2.24. The van der Waals surface area contributed by atoms with E-state index in [0.29, 0.717) is 17.9 Å². The smallest absolute Gasteiger partial charge is 0.240 e. The van der Waals surface area contributed by atoms with E-state index in [1.165, 1.54) is 0 Å². The highest BCUT2D eigenvalue weighted by molar-refractivity contribution is 7.89. The van der Waals surface area contributed by atoms with Gasteiger partial charge < -0.3 is 5.32 Å². The Labute approximate surface area is 102 Å². The summed E-state index contributed by atoms with van der Waals surface area (Å²) in [6.45, 7) is 4.82. The van der Waals surface area contributed by atoms with Gasteiger partial charge in [0.25, 0.3) is 0 Å². The lowest BCUT2D eigenvalue weighted by molar-refractivity contribution is 0.582. The number of sulfonamides is 1. The van der Waals surface area contributed by atoms with Crippen LogP contribution in [0.5, 0.6) is 0 Å². The van der Waals surface area contributed by atoms with Crippen molar-refractivity contribution < 1.29 is 8.42 Å². The highest BCUT2D eigenvalue weighted by atomic mass is 32.2. The van der Waals surface area contributed by atoms with Gasteiger partial charge in [0.2, 0.25) is 10.0 Å². The average molecular weight is 252 g/mol. The zero-order valence-electron chi connectivity index (χ0n) is 9.57. The van der Waals surface area contributed by atoms with Crippen LogP contribution >= 0.6 is 0 Å².